The molecule has 0 unspecified atom stereocenters. The topological polar surface area (TPSA) is 83.0 Å². The maximum absolute atomic E-state index is 11.3. The van der Waals surface area contributed by atoms with Gasteiger partial charge in [-0.2, -0.15) is 0 Å². The molecule has 0 radical (unpaired) electrons. The molecule has 0 amide bonds. The van der Waals surface area contributed by atoms with E-state index in [0.29, 0.717) is 11.6 Å². The second-order valence-corrected chi connectivity index (χ2v) is 4.53. The van der Waals surface area contributed by atoms with E-state index in [9.17, 15) is 9.59 Å². The summed E-state index contributed by atoms with van der Waals surface area (Å²) in [6.07, 6.45) is 0. The van der Waals surface area contributed by atoms with E-state index in [1.54, 1.807) is 0 Å². The van der Waals surface area contributed by atoms with E-state index in [0.717, 1.165) is 11.0 Å². The second kappa shape index (κ2) is 5.50. The molecule has 0 saturated heterocycles. The smallest absolute Gasteiger partial charge is 0.354 e. The molecule has 0 fully saturated rings. The minimum atomic E-state index is -1.20. The minimum Gasteiger partial charge on any atom is -0.477 e. The van der Waals surface area contributed by atoms with Crippen molar-refractivity contribution >= 4 is 17.7 Å². The summed E-state index contributed by atoms with van der Waals surface area (Å²) in [7, 11) is 0. The maximum atomic E-state index is 11.3. The van der Waals surface area contributed by atoms with Gasteiger partial charge in [-0.15, -0.1) is 11.8 Å². The van der Waals surface area contributed by atoms with Crippen LogP contribution in [0.5, 0.6) is 0 Å². The minimum absolute atomic E-state index is 0.234. The van der Waals surface area contributed by atoms with Crippen LogP contribution in [0, 0.1) is 0 Å². The molecule has 0 atom stereocenters. The van der Waals surface area contributed by atoms with Crippen molar-refractivity contribution in [2.45, 2.75) is 10.6 Å². The number of aromatic nitrogens is 2. The summed E-state index contributed by atoms with van der Waals surface area (Å²) in [5.41, 5.74) is -0.687. The molecule has 1 aromatic carbocycles. The lowest BCUT2D eigenvalue weighted by molar-refractivity contribution is 0.0689. The van der Waals surface area contributed by atoms with Crippen LogP contribution in [0.25, 0.3) is 0 Å². The number of carboxylic acid groups (broad SMARTS) is 1. The Morgan fingerprint density at radius 3 is 2.72 bits per heavy atom. The molecule has 0 aliphatic heterocycles. The van der Waals surface area contributed by atoms with Gasteiger partial charge in [-0.3, -0.25) is 4.79 Å². The SMILES string of the molecule is O=C(O)c1cc(=O)[nH]c(CSc2ccccc2)n1. The van der Waals surface area contributed by atoms with Crippen molar-refractivity contribution in [3.05, 3.63) is 58.3 Å². The predicted molar refractivity (Wildman–Crippen MR) is 67.8 cm³/mol. The van der Waals surface area contributed by atoms with Crippen molar-refractivity contribution in [3.63, 3.8) is 0 Å². The summed E-state index contributed by atoms with van der Waals surface area (Å²) in [6, 6.07) is 10.6. The van der Waals surface area contributed by atoms with Crippen LogP contribution in [0.3, 0.4) is 0 Å². The zero-order chi connectivity index (χ0) is 13.0. The van der Waals surface area contributed by atoms with Crippen molar-refractivity contribution in [1.82, 2.24) is 9.97 Å². The quantitative estimate of drug-likeness (QED) is 0.820. The van der Waals surface area contributed by atoms with E-state index in [-0.39, 0.29) is 5.69 Å². The van der Waals surface area contributed by atoms with E-state index >= 15 is 0 Å². The third-order valence-electron chi connectivity index (χ3n) is 2.13. The molecule has 92 valence electrons. The zero-order valence-electron chi connectivity index (χ0n) is 9.29. The Kier molecular flexibility index (Phi) is 3.78. The lowest BCUT2D eigenvalue weighted by Crippen LogP contribution is -2.15. The van der Waals surface area contributed by atoms with E-state index in [4.69, 9.17) is 5.11 Å². The van der Waals surface area contributed by atoms with Gasteiger partial charge < -0.3 is 10.1 Å². The number of carboxylic acids is 1. The molecular weight excluding hydrogens is 252 g/mol. The van der Waals surface area contributed by atoms with Gasteiger partial charge in [-0.25, -0.2) is 9.78 Å². The van der Waals surface area contributed by atoms with Crippen LogP contribution >= 0.6 is 11.8 Å². The molecule has 2 N–H and O–H groups in total. The van der Waals surface area contributed by atoms with E-state index in [1.807, 2.05) is 30.3 Å². The number of carbonyl (C=O) groups is 1. The number of nitrogens with one attached hydrogen (secondary N) is 1. The Labute approximate surface area is 107 Å². The molecule has 0 aliphatic carbocycles. The standard InChI is InChI=1S/C12H10N2O3S/c15-11-6-9(12(16)17)13-10(14-11)7-18-8-4-2-1-3-5-8/h1-6H,7H2,(H,16,17)(H,13,14,15). The first-order valence-corrected chi connectivity index (χ1v) is 6.15. The first-order valence-electron chi connectivity index (χ1n) is 5.16. The van der Waals surface area contributed by atoms with E-state index in [2.05, 4.69) is 9.97 Å². The fourth-order valence-electron chi connectivity index (χ4n) is 1.35. The van der Waals surface area contributed by atoms with Gasteiger partial charge in [0.15, 0.2) is 5.69 Å². The summed E-state index contributed by atoms with van der Waals surface area (Å²) in [4.78, 5) is 29.4. The van der Waals surface area contributed by atoms with Crippen molar-refractivity contribution in [2.24, 2.45) is 0 Å². The molecule has 0 spiro atoms. The van der Waals surface area contributed by atoms with Gasteiger partial charge in [-0.05, 0) is 12.1 Å². The zero-order valence-corrected chi connectivity index (χ0v) is 10.1. The highest BCUT2D eigenvalue weighted by Crippen LogP contribution is 2.20. The van der Waals surface area contributed by atoms with Gasteiger partial charge in [0.2, 0.25) is 0 Å². The lowest BCUT2D eigenvalue weighted by Gasteiger charge is -2.02. The highest BCUT2D eigenvalue weighted by atomic mass is 32.2. The number of aromatic carboxylic acids is 1. The van der Waals surface area contributed by atoms with Gasteiger partial charge >= 0.3 is 5.97 Å². The van der Waals surface area contributed by atoms with Gasteiger partial charge in [0.1, 0.15) is 5.82 Å². The third kappa shape index (κ3) is 3.21. The van der Waals surface area contributed by atoms with Crippen molar-refractivity contribution in [1.29, 1.82) is 0 Å². The highest BCUT2D eigenvalue weighted by Gasteiger charge is 2.08. The van der Waals surface area contributed by atoms with Crippen LogP contribution in [-0.4, -0.2) is 21.0 Å². The van der Waals surface area contributed by atoms with Crippen LogP contribution in [-0.2, 0) is 5.75 Å². The first kappa shape index (κ1) is 12.4. The number of rotatable bonds is 4. The third-order valence-corrected chi connectivity index (χ3v) is 3.15. The molecule has 6 heteroatoms. The van der Waals surface area contributed by atoms with Gasteiger partial charge in [0.05, 0.1) is 5.75 Å². The monoisotopic (exact) mass is 262 g/mol. The van der Waals surface area contributed by atoms with Crippen molar-refractivity contribution < 1.29 is 9.90 Å². The number of thioether (sulfide) groups is 1. The van der Waals surface area contributed by atoms with Crippen LogP contribution in [0.2, 0.25) is 0 Å². The summed E-state index contributed by atoms with van der Waals surface area (Å²) >= 11 is 1.48. The average molecular weight is 262 g/mol. The molecule has 5 nitrogen and oxygen atoms in total. The second-order valence-electron chi connectivity index (χ2n) is 3.48. The number of H-pyrrole nitrogens is 1. The Hall–Kier alpha value is -2.08. The Balaban J connectivity index is 2.15. The molecule has 0 saturated carbocycles. The van der Waals surface area contributed by atoms with Crippen molar-refractivity contribution in [2.75, 3.05) is 0 Å². The Bertz CT molecular complexity index is 610. The Morgan fingerprint density at radius 1 is 1.33 bits per heavy atom. The van der Waals surface area contributed by atoms with Crippen LogP contribution in [0.4, 0.5) is 0 Å². The number of aromatic amines is 1. The summed E-state index contributed by atoms with van der Waals surface area (Å²) in [6.45, 7) is 0. The Morgan fingerprint density at radius 2 is 2.06 bits per heavy atom. The van der Waals surface area contributed by atoms with Crippen LogP contribution < -0.4 is 5.56 Å². The van der Waals surface area contributed by atoms with Gasteiger partial charge in [0, 0.05) is 11.0 Å². The largest absolute Gasteiger partial charge is 0.477 e. The molecule has 18 heavy (non-hydrogen) atoms. The summed E-state index contributed by atoms with van der Waals surface area (Å²) < 4.78 is 0. The van der Waals surface area contributed by atoms with E-state index in [1.165, 1.54) is 11.8 Å². The van der Waals surface area contributed by atoms with Gasteiger partial charge in [0.25, 0.3) is 5.56 Å². The number of benzene rings is 1. The maximum Gasteiger partial charge on any atom is 0.354 e. The van der Waals surface area contributed by atoms with Crippen LogP contribution in [0.1, 0.15) is 16.3 Å². The molecule has 2 rings (SSSR count). The summed E-state index contributed by atoms with van der Waals surface area (Å²) in [5, 5.41) is 8.80. The summed E-state index contributed by atoms with van der Waals surface area (Å²) in [5.74, 6) is -0.429. The fourth-order valence-corrected chi connectivity index (χ4v) is 2.14. The molecule has 1 aromatic heterocycles. The van der Waals surface area contributed by atoms with Gasteiger partial charge in [-0.1, -0.05) is 18.2 Å². The lowest BCUT2D eigenvalue weighted by atomic mass is 10.4. The normalized spacial score (nSPS) is 10.2. The molecule has 1 heterocycles. The molecular formula is C12H10N2O3S. The highest BCUT2D eigenvalue weighted by molar-refractivity contribution is 7.98. The molecule has 2 aromatic rings. The molecule has 0 bridgehead atoms. The molecule has 0 aliphatic rings. The fraction of sp³-hybridized carbons (Fsp3) is 0.0833. The van der Waals surface area contributed by atoms with Crippen LogP contribution in [0.15, 0.2) is 46.1 Å². The predicted octanol–water partition coefficient (Wildman–Crippen LogP) is 1.76. The first-order chi connectivity index (χ1) is 8.65. The van der Waals surface area contributed by atoms with Crippen molar-refractivity contribution in [3.8, 4) is 0 Å². The average Bonchev–Trinajstić information content (AvgIpc) is 2.37. The van der Waals surface area contributed by atoms with E-state index < -0.39 is 11.5 Å². The number of nitrogens with zero attached hydrogens (tertiary/aromatic N) is 1. The number of hydrogen-bond acceptors (Lipinski definition) is 4. The number of hydrogen-bond donors (Lipinski definition) is 2.